The Labute approximate surface area is 110 Å². The van der Waals surface area contributed by atoms with Crippen molar-refractivity contribution >= 4 is 28.3 Å². The highest BCUT2D eigenvalue weighted by atomic mass is 35.5. The normalized spacial score (nSPS) is 10.7. The largest absolute Gasteiger partial charge is 0.384 e. The van der Waals surface area contributed by atoms with E-state index >= 15 is 0 Å². The lowest BCUT2D eigenvalue weighted by Crippen LogP contribution is -1.93. The van der Waals surface area contributed by atoms with Crippen molar-refractivity contribution in [3.8, 4) is 11.1 Å². The Morgan fingerprint density at radius 2 is 1.72 bits per heavy atom. The van der Waals surface area contributed by atoms with Gasteiger partial charge in [0.2, 0.25) is 0 Å². The molecule has 2 N–H and O–H groups in total. The zero-order valence-electron chi connectivity index (χ0n) is 9.60. The van der Waals surface area contributed by atoms with E-state index < -0.39 is 0 Å². The second kappa shape index (κ2) is 4.31. The molecule has 3 heteroatoms. The van der Waals surface area contributed by atoms with E-state index in [-0.39, 0.29) is 0 Å². The van der Waals surface area contributed by atoms with Gasteiger partial charge in [0, 0.05) is 5.39 Å². The molecule has 2 aromatic carbocycles. The Balaban J connectivity index is 2.39. The lowest BCUT2D eigenvalue weighted by Gasteiger charge is -2.08. The quantitative estimate of drug-likeness (QED) is 0.709. The van der Waals surface area contributed by atoms with Crippen molar-refractivity contribution in [1.82, 2.24) is 4.98 Å². The topological polar surface area (TPSA) is 38.9 Å². The summed E-state index contributed by atoms with van der Waals surface area (Å²) in [5.74, 6) is 0.481. The van der Waals surface area contributed by atoms with Gasteiger partial charge < -0.3 is 5.73 Å². The lowest BCUT2D eigenvalue weighted by atomic mass is 10.0. The van der Waals surface area contributed by atoms with E-state index in [1.807, 2.05) is 42.5 Å². The molecule has 0 fully saturated rings. The molecule has 0 aliphatic carbocycles. The third-order valence-electron chi connectivity index (χ3n) is 2.89. The van der Waals surface area contributed by atoms with Gasteiger partial charge in [-0.3, -0.25) is 0 Å². The third kappa shape index (κ3) is 1.81. The Morgan fingerprint density at radius 1 is 0.944 bits per heavy atom. The van der Waals surface area contributed by atoms with Gasteiger partial charge in [0.1, 0.15) is 5.82 Å². The van der Waals surface area contributed by atoms with E-state index in [2.05, 4.69) is 17.1 Å². The monoisotopic (exact) mass is 254 g/mol. The fraction of sp³-hybridized carbons (Fsp3) is 0. The minimum absolute atomic E-state index is 0.481. The molecule has 0 radical (unpaired) electrons. The van der Waals surface area contributed by atoms with Gasteiger partial charge in [-0.1, -0.05) is 54.1 Å². The van der Waals surface area contributed by atoms with Gasteiger partial charge in [-0.15, -0.1) is 0 Å². The number of anilines is 1. The fourth-order valence-corrected chi connectivity index (χ4v) is 2.31. The van der Waals surface area contributed by atoms with Crippen LogP contribution in [0.5, 0.6) is 0 Å². The predicted molar refractivity (Wildman–Crippen MR) is 76.6 cm³/mol. The Hall–Kier alpha value is -2.06. The Morgan fingerprint density at radius 3 is 2.50 bits per heavy atom. The minimum atomic E-state index is 0.481. The molecule has 18 heavy (non-hydrogen) atoms. The number of aromatic nitrogens is 1. The molecule has 0 saturated carbocycles. The summed E-state index contributed by atoms with van der Waals surface area (Å²) in [6.07, 6.45) is 0. The van der Waals surface area contributed by atoms with Crippen molar-refractivity contribution < 1.29 is 0 Å². The summed E-state index contributed by atoms with van der Waals surface area (Å²) >= 11 is 6.17. The third-order valence-corrected chi connectivity index (χ3v) is 3.20. The summed E-state index contributed by atoms with van der Waals surface area (Å²) in [5, 5.41) is 1.64. The average molecular weight is 255 g/mol. The van der Waals surface area contributed by atoms with Crippen LogP contribution < -0.4 is 5.73 Å². The summed E-state index contributed by atoms with van der Waals surface area (Å²) in [6, 6.07) is 17.7. The molecule has 0 bridgehead atoms. The SMILES string of the molecule is Nc1cc(-c2ccccc2)c2cccc(Cl)c2n1. The summed E-state index contributed by atoms with van der Waals surface area (Å²) in [6.45, 7) is 0. The molecule has 1 aromatic heterocycles. The van der Waals surface area contributed by atoms with Gasteiger partial charge in [0.15, 0.2) is 0 Å². The molecular formula is C15H11ClN2. The zero-order valence-corrected chi connectivity index (χ0v) is 10.4. The summed E-state index contributed by atoms with van der Waals surface area (Å²) in [7, 11) is 0. The highest BCUT2D eigenvalue weighted by Gasteiger charge is 2.08. The number of benzene rings is 2. The van der Waals surface area contributed by atoms with E-state index in [9.17, 15) is 0 Å². The second-order valence-electron chi connectivity index (χ2n) is 4.10. The number of halogens is 1. The number of fused-ring (bicyclic) bond motifs is 1. The fourth-order valence-electron chi connectivity index (χ4n) is 2.09. The number of hydrogen-bond donors (Lipinski definition) is 1. The van der Waals surface area contributed by atoms with Crippen molar-refractivity contribution in [1.29, 1.82) is 0 Å². The molecule has 2 nitrogen and oxygen atoms in total. The Kier molecular flexibility index (Phi) is 2.65. The van der Waals surface area contributed by atoms with Gasteiger partial charge in [-0.2, -0.15) is 0 Å². The van der Waals surface area contributed by atoms with Crippen LogP contribution in [-0.4, -0.2) is 4.98 Å². The maximum atomic E-state index is 6.17. The molecule has 3 rings (SSSR count). The molecule has 0 unspecified atom stereocenters. The molecule has 0 saturated heterocycles. The van der Waals surface area contributed by atoms with E-state index in [1.54, 1.807) is 0 Å². The average Bonchev–Trinajstić information content (AvgIpc) is 2.40. The Bertz CT molecular complexity index is 708. The van der Waals surface area contributed by atoms with Gasteiger partial charge in [-0.25, -0.2) is 4.98 Å². The van der Waals surface area contributed by atoms with Crippen molar-refractivity contribution in [2.45, 2.75) is 0 Å². The lowest BCUT2D eigenvalue weighted by molar-refractivity contribution is 1.41. The molecule has 0 amide bonds. The van der Waals surface area contributed by atoms with Crippen LogP contribution >= 0.6 is 11.6 Å². The first kappa shape index (κ1) is 11.1. The molecule has 0 aliphatic rings. The standard InChI is InChI=1S/C15H11ClN2/c16-13-8-4-7-11-12(9-14(17)18-15(11)13)10-5-2-1-3-6-10/h1-9H,(H2,17,18). The van der Waals surface area contributed by atoms with Crippen molar-refractivity contribution in [2.75, 3.05) is 5.73 Å². The van der Waals surface area contributed by atoms with Crippen LogP contribution in [0.4, 0.5) is 5.82 Å². The molecular weight excluding hydrogens is 244 g/mol. The van der Waals surface area contributed by atoms with Crippen LogP contribution in [0.1, 0.15) is 0 Å². The first-order chi connectivity index (χ1) is 8.75. The number of nitrogens with zero attached hydrogens (tertiary/aromatic N) is 1. The maximum Gasteiger partial charge on any atom is 0.124 e. The van der Waals surface area contributed by atoms with Crippen molar-refractivity contribution in [2.24, 2.45) is 0 Å². The first-order valence-corrected chi connectivity index (χ1v) is 6.03. The summed E-state index contributed by atoms with van der Waals surface area (Å²) in [4.78, 5) is 4.31. The molecule has 0 spiro atoms. The number of rotatable bonds is 1. The molecule has 88 valence electrons. The first-order valence-electron chi connectivity index (χ1n) is 5.66. The molecule has 3 aromatic rings. The van der Waals surface area contributed by atoms with E-state index in [4.69, 9.17) is 17.3 Å². The van der Waals surface area contributed by atoms with Gasteiger partial charge >= 0.3 is 0 Å². The van der Waals surface area contributed by atoms with Crippen molar-refractivity contribution in [3.05, 3.63) is 59.6 Å². The van der Waals surface area contributed by atoms with Crippen LogP contribution in [0.2, 0.25) is 5.02 Å². The van der Waals surface area contributed by atoms with Crippen LogP contribution in [0.3, 0.4) is 0 Å². The molecule has 0 aliphatic heterocycles. The van der Waals surface area contributed by atoms with Crippen LogP contribution in [0.15, 0.2) is 54.6 Å². The number of hydrogen-bond acceptors (Lipinski definition) is 2. The van der Waals surface area contributed by atoms with Gasteiger partial charge in [-0.05, 0) is 23.3 Å². The van der Waals surface area contributed by atoms with Gasteiger partial charge in [0.25, 0.3) is 0 Å². The van der Waals surface area contributed by atoms with Crippen LogP contribution in [0.25, 0.3) is 22.0 Å². The smallest absolute Gasteiger partial charge is 0.124 e. The highest BCUT2D eigenvalue weighted by molar-refractivity contribution is 6.35. The predicted octanol–water partition coefficient (Wildman–Crippen LogP) is 4.14. The zero-order chi connectivity index (χ0) is 12.5. The van der Waals surface area contributed by atoms with Crippen molar-refractivity contribution in [3.63, 3.8) is 0 Å². The second-order valence-corrected chi connectivity index (χ2v) is 4.50. The number of pyridine rings is 1. The van der Waals surface area contributed by atoms with Crippen LogP contribution in [0, 0.1) is 0 Å². The highest BCUT2D eigenvalue weighted by Crippen LogP contribution is 2.32. The summed E-state index contributed by atoms with van der Waals surface area (Å²) < 4.78 is 0. The number of nitrogens with two attached hydrogens (primary N) is 1. The molecule has 1 heterocycles. The molecule has 0 atom stereocenters. The number of nitrogen functional groups attached to an aromatic ring is 1. The maximum absolute atomic E-state index is 6.17. The van der Waals surface area contributed by atoms with E-state index in [0.29, 0.717) is 10.8 Å². The van der Waals surface area contributed by atoms with E-state index in [1.165, 1.54) is 0 Å². The van der Waals surface area contributed by atoms with Gasteiger partial charge in [0.05, 0.1) is 10.5 Å². The van der Waals surface area contributed by atoms with E-state index in [0.717, 1.165) is 22.0 Å². The van der Waals surface area contributed by atoms with Crippen LogP contribution in [-0.2, 0) is 0 Å². The summed E-state index contributed by atoms with van der Waals surface area (Å²) in [5.41, 5.74) is 8.78. The minimum Gasteiger partial charge on any atom is -0.384 e. The number of para-hydroxylation sites is 1.